The smallest absolute Gasteiger partial charge is 0.106 e. The first kappa shape index (κ1) is 17.1. The molecule has 4 nitrogen and oxygen atoms in total. The van der Waals surface area contributed by atoms with Gasteiger partial charge in [0.05, 0.1) is 11.9 Å². The fourth-order valence-corrected chi connectivity index (χ4v) is 0.251. The van der Waals surface area contributed by atoms with Gasteiger partial charge in [0.25, 0.3) is 0 Å². The summed E-state index contributed by atoms with van der Waals surface area (Å²) in [5.41, 5.74) is 0.523. The summed E-state index contributed by atoms with van der Waals surface area (Å²) < 4.78 is 0. The summed E-state index contributed by atoms with van der Waals surface area (Å²) in [6.45, 7) is 1.66. The molecular weight excluding hydrogens is 154 g/mol. The number of nitrogens with zero attached hydrogens (tertiary/aromatic N) is 2. The van der Waals surface area contributed by atoms with Crippen LogP contribution in [0, 0.1) is 0 Å². The topological polar surface area (TPSA) is 54.2 Å². The Balaban J connectivity index is -0.000000245. The molecule has 0 amide bonds. The average molecular weight is 162 g/mol. The number of hydrogen-bond acceptors (Lipinski definition) is 4. The van der Waals surface area contributed by atoms with Crippen molar-refractivity contribution in [2.24, 2.45) is 10.3 Å². The summed E-state index contributed by atoms with van der Waals surface area (Å²) in [6, 6.07) is 0. The van der Waals surface area contributed by atoms with Crippen LogP contribution in [0.5, 0.6) is 0 Å². The fourth-order valence-electron chi connectivity index (χ4n) is 0.251. The minimum absolute atomic E-state index is 0. The van der Waals surface area contributed by atoms with E-state index in [1.807, 2.05) is 0 Å². The fraction of sp³-hybridized carbons (Fsp3) is 0.500. The van der Waals surface area contributed by atoms with E-state index < -0.39 is 0 Å². The zero-order chi connectivity index (χ0) is 6.41. The molecule has 0 unspecified atom stereocenters. The maximum atomic E-state index is 7.90. The Labute approximate surface area is 104 Å². The van der Waals surface area contributed by atoms with Crippen molar-refractivity contribution in [3.05, 3.63) is 0 Å². The van der Waals surface area contributed by atoms with E-state index in [0.717, 1.165) is 0 Å². The van der Waals surface area contributed by atoms with Gasteiger partial charge in [0.15, 0.2) is 0 Å². The van der Waals surface area contributed by atoms with E-state index in [2.05, 4.69) is 15.1 Å². The Morgan fingerprint density at radius 2 is 2.00 bits per heavy atom. The summed E-state index contributed by atoms with van der Waals surface area (Å²) >= 11 is 0. The molecule has 2 radical (unpaired) electrons. The summed E-state index contributed by atoms with van der Waals surface area (Å²) in [6.07, 6.45) is 1.18. The van der Waals surface area contributed by atoms with Crippen molar-refractivity contribution in [3.63, 3.8) is 0 Å². The van der Waals surface area contributed by atoms with E-state index >= 15 is 0 Å². The summed E-state index contributed by atoms with van der Waals surface area (Å²) in [5, 5.41) is 14.0. The molecule has 0 spiro atoms. The average Bonchev–Trinajstić information content (AvgIpc) is 1.68. The molecule has 0 aliphatic heterocycles. The van der Waals surface area contributed by atoms with Crippen LogP contribution in [-0.4, -0.2) is 83.4 Å². The van der Waals surface area contributed by atoms with Crippen LogP contribution < -0.4 is 0 Å². The SMILES string of the molecule is CON=C(C)C=NO.[Na].[Na]. The molecule has 0 aromatic carbocycles. The maximum Gasteiger partial charge on any atom is 0.106 e. The van der Waals surface area contributed by atoms with Gasteiger partial charge < -0.3 is 10.0 Å². The molecular formula is C4H8N2Na2O2. The van der Waals surface area contributed by atoms with Gasteiger partial charge in [0, 0.05) is 59.1 Å². The van der Waals surface area contributed by atoms with Crippen molar-refractivity contribution >= 4 is 71.0 Å². The minimum atomic E-state index is 0. The predicted molar refractivity (Wildman–Crippen MR) is 41.9 cm³/mol. The van der Waals surface area contributed by atoms with E-state index in [0.29, 0.717) is 5.71 Å². The molecule has 10 heavy (non-hydrogen) atoms. The van der Waals surface area contributed by atoms with Crippen LogP contribution in [0.1, 0.15) is 6.92 Å². The van der Waals surface area contributed by atoms with Gasteiger partial charge in [-0.15, -0.1) is 0 Å². The van der Waals surface area contributed by atoms with Crippen LogP contribution in [0.25, 0.3) is 0 Å². The van der Waals surface area contributed by atoms with Crippen molar-refractivity contribution in [1.29, 1.82) is 0 Å². The Morgan fingerprint density at radius 3 is 2.30 bits per heavy atom. The van der Waals surface area contributed by atoms with E-state index in [4.69, 9.17) is 5.21 Å². The second-order valence-electron chi connectivity index (χ2n) is 1.16. The van der Waals surface area contributed by atoms with Gasteiger partial charge >= 0.3 is 0 Å². The molecule has 0 saturated heterocycles. The van der Waals surface area contributed by atoms with Gasteiger partial charge in [0.2, 0.25) is 0 Å². The third-order valence-electron chi connectivity index (χ3n) is 0.480. The van der Waals surface area contributed by atoms with Crippen LogP contribution >= 0.6 is 0 Å². The first-order valence-electron chi connectivity index (χ1n) is 2.06. The van der Waals surface area contributed by atoms with Crippen LogP contribution in [0.15, 0.2) is 10.3 Å². The van der Waals surface area contributed by atoms with Gasteiger partial charge in [-0.3, -0.25) is 0 Å². The number of rotatable bonds is 2. The molecule has 1 N–H and O–H groups in total. The zero-order valence-corrected chi connectivity index (χ0v) is 10.8. The monoisotopic (exact) mass is 162 g/mol. The van der Waals surface area contributed by atoms with Crippen molar-refractivity contribution in [3.8, 4) is 0 Å². The van der Waals surface area contributed by atoms with Gasteiger partial charge in [0.1, 0.15) is 7.11 Å². The second-order valence-corrected chi connectivity index (χ2v) is 1.16. The first-order valence-corrected chi connectivity index (χ1v) is 2.06. The predicted octanol–water partition coefficient (Wildman–Crippen LogP) is -0.293. The van der Waals surface area contributed by atoms with Gasteiger partial charge in [-0.1, -0.05) is 10.3 Å². The number of hydrogen-bond donors (Lipinski definition) is 1. The Kier molecular flexibility index (Phi) is 21.6. The molecule has 6 heteroatoms. The van der Waals surface area contributed by atoms with Gasteiger partial charge in [-0.2, -0.15) is 0 Å². The van der Waals surface area contributed by atoms with Crippen molar-refractivity contribution in [2.75, 3.05) is 7.11 Å². The van der Waals surface area contributed by atoms with Crippen LogP contribution in [-0.2, 0) is 4.84 Å². The van der Waals surface area contributed by atoms with Crippen LogP contribution in [0.3, 0.4) is 0 Å². The van der Waals surface area contributed by atoms with Crippen LogP contribution in [0.4, 0.5) is 0 Å². The largest absolute Gasteiger partial charge is 0.411 e. The Hall–Kier alpha value is 0.940. The third kappa shape index (κ3) is 11.7. The van der Waals surface area contributed by atoms with Crippen molar-refractivity contribution < 1.29 is 10.0 Å². The second kappa shape index (κ2) is 12.6. The molecule has 0 heterocycles. The summed E-state index contributed by atoms with van der Waals surface area (Å²) in [4.78, 5) is 4.34. The maximum absolute atomic E-state index is 7.90. The van der Waals surface area contributed by atoms with Crippen molar-refractivity contribution in [1.82, 2.24) is 0 Å². The quantitative estimate of drug-likeness (QED) is 0.262. The first-order chi connectivity index (χ1) is 3.81. The zero-order valence-electron chi connectivity index (χ0n) is 6.83. The molecule has 0 bridgehead atoms. The Morgan fingerprint density at radius 1 is 1.50 bits per heavy atom. The normalized spacial score (nSPS) is 10.0. The van der Waals surface area contributed by atoms with E-state index in [9.17, 15) is 0 Å². The van der Waals surface area contributed by atoms with Crippen molar-refractivity contribution in [2.45, 2.75) is 6.92 Å². The van der Waals surface area contributed by atoms with Crippen LogP contribution in [0.2, 0.25) is 0 Å². The number of oxime groups is 2. The van der Waals surface area contributed by atoms with E-state index in [-0.39, 0.29) is 59.1 Å². The van der Waals surface area contributed by atoms with E-state index in [1.165, 1.54) is 13.3 Å². The molecule has 0 saturated carbocycles. The van der Waals surface area contributed by atoms with Gasteiger partial charge in [-0.25, -0.2) is 0 Å². The molecule has 0 atom stereocenters. The molecule has 0 aliphatic rings. The standard InChI is InChI=1S/C4H8N2O2.2Na/c1-4(3-5-7)6-8-2;;/h3,7H,1-2H3;;. The molecule has 0 rings (SSSR count). The molecule has 0 aliphatic carbocycles. The molecule has 0 aromatic rings. The molecule has 48 valence electrons. The molecule has 0 aromatic heterocycles. The van der Waals surface area contributed by atoms with Gasteiger partial charge in [-0.05, 0) is 6.92 Å². The summed E-state index contributed by atoms with van der Waals surface area (Å²) in [7, 11) is 1.43. The summed E-state index contributed by atoms with van der Waals surface area (Å²) in [5.74, 6) is 0. The molecule has 0 fully saturated rings. The third-order valence-corrected chi connectivity index (χ3v) is 0.480. The Bertz CT molecular complexity index is 116. The minimum Gasteiger partial charge on any atom is -0.411 e. The van der Waals surface area contributed by atoms with E-state index in [1.54, 1.807) is 6.92 Å².